The van der Waals surface area contributed by atoms with Crippen molar-refractivity contribution in [2.75, 3.05) is 51.8 Å². The van der Waals surface area contributed by atoms with Gasteiger partial charge in [0.05, 0.1) is 19.3 Å². The van der Waals surface area contributed by atoms with Gasteiger partial charge in [0.25, 0.3) is 0 Å². The molecule has 2 aliphatic heterocycles. The Kier molecular flexibility index (Phi) is 9.04. The van der Waals surface area contributed by atoms with Crippen LogP contribution in [-0.2, 0) is 16.0 Å². The lowest BCUT2D eigenvalue weighted by Gasteiger charge is -2.37. The Morgan fingerprint density at radius 3 is 2.85 bits per heavy atom. The van der Waals surface area contributed by atoms with Crippen LogP contribution in [0.4, 0.5) is 5.82 Å². The quantitative estimate of drug-likeness (QED) is 0.389. The summed E-state index contributed by atoms with van der Waals surface area (Å²) in [6.07, 6.45) is 4.43. The van der Waals surface area contributed by atoms with E-state index in [1.165, 1.54) is 0 Å². The van der Waals surface area contributed by atoms with E-state index in [0.717, 1.165) is 63.0 Å². The van der Waals surface area contributed by atoms with Crippen LogP contribution in [0.1, 0.15) is 25.3 Å². The van der Waals surface area contributed by atoms with E-state index in [9.17, 15) is 0 Å². The second-order valence-electron chi connectivity index (χ2n) is 6.99. The zero-order valence-corrected chi connectivity index (χ0v) is 18.9. The zero-order valence-electron chi connectivity index (χ0n) is 16.6. The summed E-state index contributed by atoms with van der Waals surface area (Å²) >= 11 is 0. The van der Waals surface area contributed by atoms with Crippen LogP contribution in [-0.4, -0.2) is 75.0 Å². The molecule has 0 amide bonds. The Morgan fingerprint density at radius 2 is 2.15 bits per heavy atom. The maximum atomic E-state index is 5.96. The number of guanidine groups is 1. The topological polar surface area (TPSA) is 62.2 Å². The molecule has 0 saturated carbocycles. The largest absolute Gasteiger partial charge is 0.375 e. The Hall–Kier alpha value is -1.13. The van der Waals surface area contributed by atoms with Gasteiger partial charge in [0.15, 0.2) is 5.96 Å². The number of aliphatic imine (C=N–C) groups is 1. The number of pyridine rings is 1. The van der Waals surface area contributed by atoms with E-state index in [0.29, 0.717) is 6.54 Å². The van der Waals surface area contributed by atoms with Crippen LogP contribution in [0.25, 0.3) is 0 Å². The van der Waals surface area contributed by atoms with Crippen molar-refractivity contribution >= 4 is 35.8 Å². The molecule has 2 saturated heterocycles. The molecule has 0 aliphatic carbocycles. The predicted octanol–water partition coefficient (Wildman–Crippen LogP) is 2.11. The molecule has 1 aromatic rings. The van der Waals surface area contributed by atoms with Crippen molar-refractivity contribution in [1.29, 1.82) is 0 Å². The smallest absolute Gasteiger partial charge is 0.194 e. The summed E-state index contributed by atoms with van der Waals surface area (Å²) in [4.78, 5) is 13.5. The molecule has 2 aliphatic rings. The van der Waals surface area contributed by atoms with Crippen molar-refractivity contribution in [1.82, 2.24) is 15.2 Å². The molecule has 0 spiro atoms. The number of hydrogen-bond donors (Lipinski definition) is 1. The van der Waals surface area contributed by atoms with Gasteiger partial charge in [-0.1, -0.05) is 0 Å². The number of hydrogen-bond acceptors (Lipinski definition) is 5. The molecule has 0 aromatic carbocycles. The fourth-order valence-electron chi connectivity index (χ4n) is 3.38. The molecule has 1 aromatic heterocycles. The van der Waals surface area contributed by atoms with E-state index in [2.05, 4.69) is 28.2 Å². The van der Waals surface area contributed by atoms with Crippen molar-refractivity contribution in [3.8, 4) is 0 Å². The standard InChI is InChI=1S/C19H31N5O2.HI/c1-4-20-19(22-13-15-7-8-21-18(12-15)23(2)3)24-9-11-26-17(14-24)16-6-5-10-25-16;/h7-8,12,16-17H,4-6,9-11,13-14H2,1-3H3,(H,20,22);1H. The van der Waals surface area contributed by atoms with E-state index in [1.807, 2.05) is 31.3 Å². The van der Waals surface area contributed by atoms with Gasteiger partial charge in [-0.2, -0.15) is 0 Å². The van der Waals surface area contributed by atoms with Gasteiger partial charge >= 0.3 is 0 Å². The SMILES string of the molecule is CCNC(=NCc1ccnc(N(C)C)c1)N1CCOC(C2CCCO2)C1.I. The van der Waals surface area contributed by atoms with Crippen LogP contribution >= 0.6 is 24.0 Å². The van der Waals surface area contributed by atoms with Gasteiger partial charge in [-0.05, 0) is 37.5 Å². The summed E-state index contributed by atoms with van der Waals surface area (Å²) < 4.78 is 11.8. The fourth-order valence-corrected chi connectivity index (χ4v) is 3.38. The van der Waals surface area contributed by atoms with Crippen molar-refractivity contribution in [2.24, 2.45) is 4.99 Å². The molecule has 2 fully saturated rings. The second kappa shape index (κ2) is 11.0. The highest BCUT2D eigenvalue weighted by molar-refractivity contribution is 14.0. The number of rotatable bonds is 5. The number of nitrogens with zero attached hydrogens (tertiary/aromatic N) is 4. The van der Waals surface area contributed by atoms with Gasteiger partial charge in [0.1, 0.15) is 11.9 Å². The molecule has 8 heteroatoms. The molecule has 0 bridgehead atoms. The van der Waals surface area contributed by atoms with Crippen LogP contribution in [0.5, 0.6) is 0 Å². The number of aromatic nitrogens is 1. The Balaban J connectivity index is 0.00000261. The maximum absolute atomic E-state index is 5.96. The number of nitrogens with one attached hydrogen (secondary N) is 1. The maximum Gasteiger partial charge on any atom is 0.194 e. The highest BCUT2D eigenvalue weighted by Crippen LogP contribution is 2.21. The summed E-state index contributed by atoms with van der Waals surface area (Å²) in [5, 5.41) is 3.42. The van der Waals surface area contributed by atoms with Crippen LogP contribution in [0.15, 0.2) is 23.3 Å². The first-order chi connectivity index (χ1) is 12.7. The summed E-state index contributed by atoms with van der Waals surface area (Å²) in [5.74, 6) is 1.90. The average molecular weight is 489 g/mol. The van der Waals surface area contributed by atoms with Gasteiger partial charge in [-0.15, -0.1) is 24.0 Å². The van der Waals surface area contributed by atoms with Gasteiger partial charge in [-0.3, -0.25) is 0 Å². The van der Waals surface area contributed by atoms with Crippen LogP contribution in [0.2, 0.25) is 0 Å². The molecule has 0 radical (unpaired) electrons. The van der Waals surface area contributed by atoms with Crippen LogP contribution in [0.3, 0.4) is 0 Å². The summed E-state index contributed by atoms with van der Waals surface area (Å²) in [6, 6.07) is 4.11. The predicted molar refractivity (Wildman–Crippen MR) is 119 cm³/mol. The first-order valence-electron chi connectivity index (χ1n) is 9.56. The lowest BCUT2D eigenvalue weighted by atomic mass is 10.1. The third-order valence-corrected chi connectivity index (χ3v) is 4.79. The summed E-state index contributed by atoms with van der Waals surface area (Å²) in [7, 11) is 4.00. The number of morpholine rings is 1. The Bertz CT molecular complexity index is 608. The summed E-state index contributed by atoms with van der Waals surface area (Å²) in [6.45, 7) is 6.84. The number of halogens is 1. The lowest BCUT2D eigenvalue weighted by Crippen LogP contribution is -2.53. The Labute approximate surface area is 179 Å². The summed E-state index contributed by atoms with van der Waals surface area (Å²) in [5.41, 5.74) is 1.16. The highest BCUT2D eigenvalue weighted by atomic mass is 127. The third kappa shape index (κ3) is 6.18. The van der Waals surface area contributed by atoms with Gasteiger partial charge in [0.2, 0.25) is 0 Å². The van der Waals surface area contributed by atoms with E-state index in [1.54, 1.807) is 0 Å². The van der Waals surface area contributed by atoms with E-state index >= 15 is 0 Å². The molecule has 3 rings (SSSR count). The minimum absolute atomic E-state index is 0. The molecular formula is C19H32IN5O2. The fraction of sp³-hybridized carbons (Fsp3) is 0.684. The first kappa shape index (κ1) is 22.2. The Morgan fingerprint density at radius 1 is 1.33 bits per heavy atom. The molecule has 2 unspecified atom stereocenters. The van der Waals surface area contributed by atoms with Gasteiger partial charge < -0.3 is 24.6 Å². The average Bonchev–Trinajstić information content (AvgIpc) is 3.20. The van der Waals surface area contributed by atoms with Gasteiger partial charge in [-0.25, -0.2) is 9.98 Å². The second-order valence-corrected chi connectivity index (χ2v) is 6.99. The van der Waals surface area contributed by atoms with Crippen molar-refractivity contribution in [3.63, 3.8) is 0 Å². The number of ether oxygens (including phenoxy) is 2. The van der Waals surface area contributed by atoms with E-state index < -0.39 is 0 Å². The number of anilines is 1. The molecule has 1 N–H and O–H groups in total. The molecule has 27 heavy (non-hydrogen) atoms. The van der Waals surface area contributed by atoms with Crippen molar-refractivity contribution in [3.05, 3.63) is 23.9 Å². The van der Waals surface area contributed by atoms with Crippen molar-refractivity contribution in [2.45, 2.75) is 38.5 Å². The monoisotopic (exact) mass is 489 g/mol. The molecule has 152 valence electrons. The van der Waals surface area contributed by atoms with E-state index in [-0.39, 0.29) is 36.2 Å². The van der Waals surface area contributed by atoms with Gasteiger partial charge in [0, 0.05) is 46.5 Å². The lowest BCUT2D eigenvalue weighted by molar-refractivity contribution is -0.0817. The normalized spacial score (nSPS) is 23.1. The zero-order chi connectivity index (χ0) is 18.4. The van der Waals surface area contributed by atoms with Crippen LogP contribution < -0.4 is 10.2 Å². The molecular weight excluding hydrogens is 457 g/mol. The molecule has 3 heterocycles. The molecule has 2 atom stereocenters. The van der Waals surface area contributed by atoms with E-state index in [4.69, 9.17) is 14.5 Å². The molecule has 7 nitrogen and oxygen atoms in total. The third-order valence-electron chi connectivity index (χ3n) is 4.79. The van der Waals surface area contributed by atoms with Crippen molar-refractivity contribution < 1.29 is 9.47 Å². The highest BCUT2D eigenvalue weighted by Gasteiger charge is 2.32. The first-order valence-corrected chi connectivity index (χ1v) is 9.56. The minimum atomic E-state index is 0. The minimum Gasteiger partial charge on any atom is -0.375 e. The van der Waals surface area contributed by atoms with Crippen LogP contribution in [0, 0.1) is 0 Å².